The number of nitrogens with one attached hydrogen (secondary N) is 1. The molecule has 0 radical (unpaired) electrons. The van der Waals surface area contributed by atoms with Crippen molar-refractivity contribution in [3.8, 4) is 11.1 Å². The van der Waals surface area contributed by atoms with Crippen molar-refractivity contribution >= 4 is 17.4 Å². The third kappa shape index (κ3) is 3.54. The number of benzene rings is 1. The van der Waals surface area contributed by atoms with Crippen LogP contribution in [0.15, 0.2) is 55.1 Å². The smallest absolute Gasteiger partial charge is 0.243 e. The molecule has 1 saturated heterocycles. The van der Waals surface area contributed by atoms with Crippen LogP contribution in [0.3, 0.4) is 0 Å². The number of anilines is 2. The average Bonchev–Trinajstić information content (AvgIpc) is 3.19. The molecule has 1 fully saturated rings. The van der Waals surface area contributed by atoms with Crippen LogP contribution < -0.4 is 10.2 Å². The maximum atomic E-state index is 13.7. The highest BCUT2D eigenvalue weighted by Crippen LogP contribution is 2.26. The molecule has 1 aliphatic rings. The van der Waals surface area contributed by atoms with E-state index in [2.05, 4.69) is 30.3 Å². The zero-order valence-corrected chi connectivity index (χ0v) is 16.0. The lowest BCUT2D eigenvalue weighted by Gasteiger charge is -2.32. The van der Waals surface area contributed by atoms with Gasteiger partial charge in [0.15, 0.2) is 17.3 Å². The number of piperidine rings is 1. The Hall–Kier alpha value is -3.62. The van der Waals surface area contributed by atoms with Crippen LogP contribution in [0.2, 0.25) is 0 Å². The molecule has 30 heavy (non-hydrogen) atoms. The summed E-state index contributed by atoms with van der Waals surface area (Å²) in [4.78, 5) is 15.1. The first-order chi connectivity index (χ1) is 14.7. The van der Waals surface area contributed by atoms with Crippen LogP contribution in [0.5, 0.6) is 0 Å². The van der Waals surface area contributed by atoms with Crippen molar-refractivity contribution < 1.29 is 8.78 Å². The van der Waals surface area contributed by atoms with Gasteiger partial charge in [-0.25, -0.2) is 23.3 Å². The summed E-state index contributed by atoms with van der Waals surface area (Å²) in [5, 5.41) is 7.91. The van der Waals surface area contributed by atoms with Crippen LogP contribution in [-0.4, -0.2) is 43.7 Å². The second-order valence-electron chi connectivity index (χ2n) is 7.23. The van der Waals surface area contributed by atoms with E-state index in [1.165, 1.54) is 6.07 Å². The minimum absolute atomic E-state index is 0.243. The van der Waals surface area contributed by atoms with E-state index in [-0.39, 0.29) is 6.04 Å². The van der Waals surface area contributed by atoms with E-state index in [0.717, 1.165) is 37.8 Å². The Kier molecular flexibility index (Phi) is 4.70. The van der Waals surface area contributed by atoms with Crippen LogP contribution in [-0.2, 0) is 0 Å². The molecule has 4 heterocycles. The molecule has 5 rings (SSSR count). The summed E-state index contributed by atoms with van der Waals surface area (Å²) in [5.41, 5.74) is 1.83. The van der Waals surface area contributed by atoms with Gasteiger partial charge < -0.3 is 10.2 Å². The van der Waals surface area contributed by atoms with Gasteiger partial charge in [-0.05, 0) is 48.7 Å². The first-order valence-corrected chi connectivity index (χ1v) is 9.76. The van der Waals surface area contributed by atoms with E-state index in [0.29, 0.717) is 22.7 Å². The maximum absolute atomic E-state index is 13.7. The van der Waals surface area contributed by atoms with Crippen LogP contribution in [0.4, 0.5) is 20.5 Å². The molecule has 0 atom stereocenters. The van der Waals surface area contributed by atoms with Crippen LogP contribution in [0, 0.1) is 11.6 Å². The fourth-order valence-corrected chi connectivity index (χ4v) is 3.76. The van der Waals surface area contributed by atoms with Gasteiger partial charge in [0.05, 0.1) is 0 Å². The van der Waals surface area contributed by atoms with Gasteiger partial charge in [-0.15, -0.1) is 5.10 Å². The third-order valence-electron chi connectivity index (χ3n) is 5.31. The minimum Gasteiger partial charge on any atom is -0.356 e. The molecular formula is C21H19F2N7. The van der Waals surface area contributed by atoms with Gasteiger partial charge in [-0.2, -0.15) is 4.98 Å². The summed E-state index contributed by atoms with van der Waals surface area (Å²) in [6.45, 7) is 1.75. The van der Waals surface area contributed by atoms with Crippen molar-refractivity contribution in [2.75, 3.05) is 23.3 Å². The third-order valence-corrected chi connectivity index (χ3v) is 5.31. The molecule has 1 N–H and O–H groups in total. The molecule has 0 amide bonds. The topological polar surface area (TPSA) is 71.2 Å². The Morgan fingerprint density at radius 2 is 1.90 bits per heavy atom. The van der Waals surface area contributed by atoms with Gasteiger partial charge in [0.1, 0.15) is 12.1 Å². The van der Waals surface area contributed by atoms with Crippen molar-refractivity contribution in [1.82, 2.24) is 24.6 Å². The lowest BCUT2D eigenvalue weighted by molar-refractivity contribution is 0.509. The maximum Gasteiger partial charge on any atom is 0.243 e. The van der Waals surface area contributed by atoms with Gasteiger partial charge in [0.2, 0.25) is 5.95 Å². The molecular weight excluding hydrogens is 388 g/mol. The van der Waals surface area contributed by atoms with E-state index >= 15 is 0 Å². The number of hydrogen-bond acceptors (Lipinski definition) is 6. The number of rotatable bonds is 4. The molecule has 0 aliphatic carbocycles. The van der Waals surface area contributed by atoms with E-state index in [4.69, 9.17) is 0 Å². The molecule has 152 valence electrons. The zero-order chi connectivity index (χ0) is 20.5. The predicted molar refractivity (Wildman–Crippen MR) is 109 cm³/mol. The Balaban J connectivity index is 1.33. The Bertz CT molecular complexity index is 1170. The lowest BCUT2D eigenvalue weighted by atomic mass is 10.1. The van der Waals surface area contributed by atoms with Gasteiger partial charge in [-0.1, -0.05) is 6.07 Å². The summed E-state index contributed by atoms with van der Waals surface area (Å²) in [7, 11) is 0. The molecule has 0 unspecified atom stereocenters. The molecule has 0 spiro atoms. The van der Waals surface area contributed by atoms with E-state index in [9.17, 15) is 8.78 Å². The van der Waals surface area contributed by atoms with E-state index in [1.54, 1.807) is 29.3 Å². The van der Waals surface area contributed by atoms with Gasteiger partial charge in [-0.3, -0.25) is 0 Å². The second-order valence-corrected chi connectivity index (χ2v) is 7.23. The van der Waals surface area contributed by atoms with Crippen molar-refractivity contribution in [2.45, 2.75) is 18.9 Å². The quantitative estimate of drug-likeness (QED) is 0.558. The van der Waals surface area contributed by atoms with Crippen molar-refractivity contribution in [1.29, 1.82) is 0 Å². The molecule has 1 aromatic carbocycles. The number of nitrogens with zero attached hydrogens (tertiary/aromatic N) is 6. The van der Waals surface area contributed by atoms with Gasteiger partial charge in [0, 0.05) is 37.1 Å². The molecule has 9 heteroatoms. The van der Waals surface area contributed by atoms with Crippen molar-refractivity contribution in [2.24, 2.45) is 0 Å². The standard InChI is InChI=1S/C21H19F2N7/c22-17-4-3-14(12-18(17)23)16-2-1-9-30-20(16)27-21(28-30)26-15-6-10-29(11-7-15)19-5-8-24-13-25-19/h1-5,8-9,12-13,15H,6-7,10-11H2,(H,26,28). The highest BCUT2D eigenvalue weighted by atomic mass is 19.2. The average molecular weight is 407 g/mol. The zero-order valence-electron chi connectivity index (χ0n) is 16.0. The summed E-state index contributed by atoms with van der Waals surface area (Å²) in [6.07, 6.45) is 6.95. The highest BCUT2D eigenvalue weighted by Gasteiger charge is 2.21. The summed E-state index contributed by atoms with van der Waals surface area (Å²) < 4.78 is 28.6. The number of pyridine rings is 1. The first kappa shape index (κ1) is 18.4. The van der Waals surface area contributed by atoms with E-state index in [1.807, 2.05) is 18.2 Å². The summed E-state index contributed by atoms with van der Waals surface area (Å²) in [5.74, 6) is -0.304. The highest BCUT2D eigenvalue weighted by molar-refractivity contribution is 5.77. The molecule has 3 aromatic heterocycles. The van der Waals surface area contributed by atoms with Crippen LogP contribution >= 0.6 is 0 Å². The summed E-state index contributed by atoms with van der Waals surface area (Å²) in [6, 6.07) is 9.62. The van der Waals surface area contributed by atoms with Gasteiger partial charge in [0.25, 0.3) is 0 Å². The van der Waals surface area contributed by atoms with Crippen LogP contribution in [0.25, 0.3) is 16.8 Å². The number of halogens is 2. The monoisotopic (exact) mass is 407 g/mol. The fourth-order valence-electron chi connectivity index (χ4n) is 3.76. The Morgan fingerprint density at radius 3 is 2.67 bits per heavy atom. The SMILES string of the molecule is Fc1ccc(-c2cccn3nc(NC4CCN(c5ccncn5)CC4)nc23)cc1F. The molecule has 7 nitrogen and oxygen atoms in total. The summed E-state index contributed by atoms with van der Waals surface area (Å²) >= 11 is 0. The largest absolute Gasteiger partial charge is 0.356 e. The Morgan fingerprint density at radius 1 is 1.03 bits per heavy atom. The molecule has 4 aromatic rings. The molecule has 0 bridgehead atoms. The molecule has 0 saturated carbocycles. The van der Waals surface area contributed by atoms with Crippen LogP contribution in [0.1, 0.15) is 12.8 Å². The second kappa shape index (κ2) is 7.66. The number of hydrogen-bond donors (Lipinski definition) is 1. The van der Waals surface area contributed by atoms with E-state index < -0.39 is 11.6 Å². The van der Waals surface area contributed by atoms with Crippen molar-refractivity contribution in [3.05, 3.63) is 66.8 Å². The van der Waals surface area contributed by atoms with Crippen molar-refractivity contribution in [3.63, 3.8) is 0 Å². The number of fused-ring (bicyclic) bond motifs is 1. The fraction of sp³-hybridized carbons (Fsp3) is 0.238. The Labute approximate surface area is 171 Å². The van der Waals surface area contributed by atoms with Gasteiger partial charge >= 0.3 is 0 Å². The number of aromatic nitrogens is 5. The normalized spacial score (nSPS) is 14.9. The lowest BCUT2D eigenvalue weighted by Crippen LogP contribution is -2.39. The first-order valence-electron chi connectivity index (χ1n) is 9.76. The minimum atomic E-state index is -0.886. The predicted octanol–water partition coefficient (Wildman–Crippen LogP) is 3.55. The molecule has 1 aliphatic heterocycles.